The second-order valence-electron chi connectivity index (χ2n) is 6.77. The molecule has 25 heavy (non-hydrogen) atoms. The molecule has 1 amide bonds. The number of aromatic nitrogens is 2. The normalized spacial score (nSPS) is 25.6. The molecule has 0 bridgehead atoms. The number of anilines is 1. The number of carbonyl (C=O) groups is 1. The SMILES string of the molecule is COc1ccc2ncc3c(c2n1)OC(C1CCC(C(N)=O)CC1)CN3. The topological polar surface area (TPSA) is 99.4 Å². The summed E-state index contributed by atoms with van der Waals surface area (Å²) in [6.07, 6.45) is 5.43. The van der Waals surface area contributed by atoms with Gasteiger partial charge in [-0.3, -0.25) is 9.78 Å². The van der Waals surface area contributed by atoms with Crippen LogP contribution in [0.4, 0.5) is 5.69 Å². The molecule has 0 spiro atoms. The second kappa shape index (κ2) is 6.38. The van der Waals surface area contributed by atoms with Crippen LogP contribution >= 0.6 is 0 Å². The number of rotatable bonds is 3. The highest BCUT2D eigenvalue weighted by molar-refractivity contribution is 5.87. The first-order chi connectivity index (χ1) is 12.2. The van der Waals surface area contributed by atoms with Gasteiger partial charge in [0, 0.05) is 12.0 Å². The highest BCUT2D eigenvalue weighted by Gasteiger charge is 2.33. The number of fused-ring (bicyclic) bond motifs is 3. The van der Waals surface area contributed by atoms with E-state index in [0.29, 0.717) is 17.3 Å². The third-order valence-corrected chi connectivity index (χ3v) is 5.31. The minimum absolute atomic E-state index is 0.0102. The summed E-state index contributed by atoms with van der Waals surface area (Å²) in [4.78, 5) is 20.3. The van der Waals surface area contributed by atoms with Crippen molar-refractivity contribution in [3.05, 3.63) is 18.3 Å². The van der Waals surface area contributed by atoms with Crippen molar-refractivity contribution >= 4 is 22.6 Å². The number of amides is 1. The summed E-state index contributed by atoms with van der Waals surface area (Å²) in [5.74, 6) is 1.51. The zero-order valence-electron chi connectivity index (χ0n) is 14.2. The Labute approximate surface area is 145 Å². The van der Waals surface area contributed by atoms with Gasteiger partial charge in [-0.2, -0.15) is 0 Å². The molecule has 7 nitrogen and oxygen atoms in total. The average Bonchev–Trinajstić information content (AvgIpc) is 2.67. The summed E-state index contributed by atoms with van der Waals surface area (Å²) in [6, 6.07) is 3.67. The molecule has 132 valence electrons. The molecule has 1 unspecified atom stereocenters. The number of primary amides is 1. The Hall–Kier alpha value is -2.57. The number of methoxy groups -OCH3 is 1. The number of pyridine rings is 2. The number of nitrogens with zero attached hydrogens (tertiary/aromatic N) is 2. The van der Waals surface area contributed by atoms with Gasteiger partial charge in [0.15, 0.2) is 5.75 Å². The van der Waals surface area contributed by atoms with Gasteiger partial charge in [-0.25, -0.2) is 4.98 Å². The van der Waals surface area contributed by atoms with Crippen molar-refractivity contribution in [1.82, 2.24) is 9.97 Å². The monoisotopic (exact) mass is 342 g/mol. The molecule has 3 N–H and O–H groups in total. The highest BCUT2D eigenvalue weighted by atomic mass is 16.5. The van der Waals surface area contributed by atoms with Gasteiger partial charge in [0.1, 0.15) is 11.6 Å². The van der Waals surface area contributed by atoms with Crippen LogP contribution < -0.4 is 20.5 Å². The molecule has 1 aliphatic carbocycles. The van der Waals surface area contributed by atoms with Gasteiger partial charge in [0.05, 0.1) is 31.1 Å². The smallest absolute Gasteiger partial charge is 0.220 e. The lowest BCUT2D eigenvalue weighted by atomic mass is 9.79. The molecular weight excluding hydrogens is 320 g/mol. The summed E-state index contributed by atoms with van der Waals surface area (Å²) in [5.41, 5.74) is 7.78. The zero-order chi connectivity index (χ0) is 17.4. The van der Waals surface area contributed by atoms with Crippen molar-refractivity contribution in [2.24, 2.45) is 17.6 Å². The Morgan fingerprint density at radius 3 is 2.84 bits per heavy atom. The summed E-state index contributed by atoms with van der Waals surface area (Å²) in [7, 11) is 1.59. The molecule has 2 aromatic heterocycles. The Kier molecular flexibility index (Phi) is 4.07. The quantitative estimate of drug-likeness (QED) is 0.886. The molecule has 1 fully saturated rings. The van der Waals surface area contributed by atoms with E-state index in [1.165, 1.54) is 0 Å². The number of ether oxygens (including phenoxy) is 2. The molecule has 3 heterocycles. The van der Waals surface area contributed by atoms with Crippen LogP contribution in [0.25, 0.3) is 11.0 Å². The predicted octanol–water partition coefficient (Wildman–Crippen LogP) is 2.10. The van der Waals surface area contributed by atoms with Gasteiger partial charge in [-0.05, 0) is 37.7 Å². The van der Waals surface area contributed by atoms with Crippen LogP contribution in [-0.4, -0.2) is 35.6 Å². The Morgan fingerprint density at radius 2 is 2.12 bits per heavy atom. The van der Waals surface area contributed by atoms with Gasteiger partial charge in [-0.15, -0.1) is 0 Å². The Bertz CT molecular complexity index is 797. The summed E-state index contributed by atoms with van der Waals surface area (Å²) in [6.45, 7) is 0.732. The number of hydrogen-bond acceptors (Lipinski definition) is 6. The third-order valence-electron chi connectivity index (χ3n) is 5.31. The Balaban J connectivity index is 1.58. The molecule has 0 aromatic carbocycles. The van der Waals surface area contributed by atoms with E-state index < -0.39 is 0 Å². The van der Waals surface area contributed by atoms with Crippen molar-refractivity contribution in [2.45, 2.75) is 31.8 Å². The largest absolute Gasteiger partial charge is 0.484 e. The van der Waals surface area contributed by atoms with Gasteiger partial charge in [-0.1, -0.05) is 0 Å². The van der Waals surface area contributed by atoms with Crippen molar-refractivity contribution in [3.8, 4) is 11.6 Å². The maximum absolute atomic E-state index is 11.4. The summed E-state index contributed by atoms with van der Waals surface area (Å²) >= 11 is 0. The van der Waals surface area contributed by atoms with E-state index >= 15 is 0 Å². The summed E-state index contributed by atoms with van der Waals surface area (Å²) < 4.78 is 11.6. The maximum Gasteiger partial charge on any atom is 0.220 e. The minimum Gasteiger partial charge on any atom is -0.484 e. The van der Waals surface area contributed by atoms with Gasteiger partial charge >= 0.3 is 0 Å². The van der Waals surface area contributed by atoms with Crippen LogP contribution in [0.2, 0.25) is 0 Å². The molecule has 0 radical (unpaired) electrons. The molecule has 0 saturated heterocycles. The van der Waals surface area contributed by atoms with Crippen molar-refractivity contribution in [2.75, 3.05) is 19.0 Å². The maximum atomic E-state index is 11.4. The van der Waals surface area contributed by atoms with Crippen LogP contribution in [0, 0.1) is 11.8 Å². The van der Waals surface area contributed by atoms with E-state index in [1.54, 1.807) is 19.4 Å². The van der Waals surface area contributed by atoms with Crippen LogP contribution in [-0.2, 0) is 4.79 Å². The number of carbonyl (C=O) groups excluding carboxylic acids is 1. The van der Waals surface area contributed by atoms with Crippen LogP contribution in [0.1, 0.15) is 25.7 Å². The molecule has 2 aromatic rings. The van der Waals surface area contributed by atoms with Gasteiger partial charge in [0.25, 0.3) is 0 Å². The van der Waals surface area contributed by atoms with E-state index in [1.807, 2.05) is 6.07 Å². The van der Waals surface area contributed by atoms with Crippen LogP contribution in [0.5, 0.6) is 11.6 Å². The predicted molar refractivity (Wildman–Crippen MR) is 93.6 cm³/mol. The lowest BCUT2D eigenvalue weighted by molar-refractivity contribution is -0.123. The first-order valence-corrected chi connectivity index (χ1v) is 8.69. The molecule has 2 aliphatic rings. The van der Waals surface area contributed by atoms with E-state index in [2.05, 4.69) is 15.3 Å². The number of nitrogens with one attached hydrogen (secondary N) is 1. The van der Waals surface area contributed by atoms with Crippen LogP contribution in [0.15, 0.2) is 18.3 Å². The lowest BCUT2D eigenvalue weighted by Crippen LogP contribution is -2.40. The van der Waals surface area contributed by atoms with E-state index in [0.717, 1.165) is 49.2 Å². The van der Waals surface area contributed by atoms with E-state index in [4.69, 9.17) is 15.2 Å². The first-order valence-electron chi connectivity index (χ1n) is 8.69. The molecule has 1 saturated carbocycles. The average molecular weight is 342 g/mol. The van der Waals surface area contributed by atoms with Gasteiger partial charge < -0.3 is 20.5 Å². The highest BCUT2D eigenvalue weighted by Crippen LogP contribution is 2.39. The summed E-state index contributed by atoms with van der Waals surface area (Å²) in [5, 5.41) is 3.41. The van der Waals surface area contributed by atoms with Crippen LogP contribution in [0.3, 0.4) is 0 Å². The van der Waals surface area contributed by atoms with Crippen molar-refractivity contribution < 1.29 is 14.3 Å². The standard InChI is InChI=1S/C18H22N4O3/c1-24-15-7-6-12-16(22-15)17-13(8-20-12)21-9-14(25-17)10-2-4-11(5-3-10)18(19)23/h6-8,10-11,14,21H,2-5,9H2,1H3,(H2,19,23). The fraction of sp³-hybridized carbons (Fsp3) is 0.500. The van der Waals surface area contributed by atoms with E-state index in [9.17, 15) is 4.79 Å². The third kappa shape index (κ3) is 2.94. The van der Waals surface area contributed by atoms with Crippen molar-refractivity contribution in [1.29, 1.82) is 0 Å². The number of hydrogen-bond donors (Lipinski definition) is 2. The molecule has 7 heteroatoms. The molecule has 1 aliphatic heterocycles. The van der Waals surface area contributed by atoms with E-state index in [-0.39, 0.29) is 17.9 Å². The number of nitrogens with two attached hydrogens (primary N) is 1. The lowest BCUT2D eigenvalue weighted by Gasteiger charge is -2.36. The molecule has 4 rings (SSSR count). The first kappa shape index (κ1) is 15.9. The van der Waals surface area contributed by atoms with Crippen molar-refractivity contribution in [3.63, 3.8) is 0 Å². The molecule has 1 atom stereocenters. The fourth-order valence-corrected chi connectivity index (χ4v) is 3.83. The second-order valence-corrected chi connectivity index (χ2v) is 6.77. The fourth-order valence-electron chi connectivity index (χ4n) is 3.83. The minimum atomic E-state index is -0.181. The van der Waals surface area contributed by atoms with Gasteiger partial charge in [0.2, 0.25) is 11.8 Å². The zero-order valence-corrected chi connectivity index (χ0v) is 14.2. The Morgan fingerprint density at radius 1 is 1.32 bits per heavy atom. The molecular formula is C18H22N4O3.